The second-order valence-corrected chi connectivity index (χ2v) is 8.45. The smallest absolute Gasteiger partial charge is 0.220 e. The van der Waals surface area contributed by atoms with Crippen LogP contribution in [0.4, 0.5) is 0 Å². The Morgan fingerprint density at radius 1 is 1.12 bits per heavy atom. The van der Waals surface area contributed by atoms with Crippen LogP contribution in [0.5, 0.6) is 0 Å². The molecule has 2 atom stereocenters. The number of carbonyl (C=O) groups is 1. The zero-order valence-electron chi connectivity index (χ0n) is 15.5. The number of amides is 1. The van der Waals surface area contributed by atoms with E-state index in [1.54, 1.807) is 0 Å². The molecule has 3 aliphatic rings. The zero-order chi connectivity index (χ0) is 16.8. The Morgan fingerprint density at radius 2 is 1.88 bits per heavy atom. The number of carbonyl (C=O) groups excluding carboxylic acids is 1. The van der Waals surface area contributed by atoms with Crippen LogP contribution in [-0.2, 0) is 9.53 Å². The van der Waals surface area contributed by atoms with Crippen LogP contribution in [0.15, 0.2) is 0 Å². The molecule has 0 spiro atoms. The van der Waals surface area contributed by atoms with Gasteiger partial charge < -0.3 is 15.0 Å². The molecule has 2 unspecified atom stereocenters. The fraction of sp³-hybridized carbons (Fsp3) is 0.950. The van der Waals surface area contributed by atoms with Crippen LogP contribution in [0.3, 0.4) is 0 Å². The number of piperidine rings is 1. The lowest BCUT2D eigenvalue weighted by molar-refractivity contribution is -0.123. The van der Waals surface area contributed by atoms with Gasteiger partial charge in [-0.1, -0.05) is 39.0 Å². The Kier molecular flexibility index (Phi) is 6.96. The van der Waals surface area contributed by atoms with E-state index in [1.807, 2.05) is 0 Å². The second kappa shape index (κ2) is 9.19. The van der Waals surface area contributed by atoms with Gasteiger partial charge in [0.15, 0.2) is 0 Å². The third-order valence-corrected chi connectivity index (χ3v) is 6.46. The van der Waals surface area contributed by atoms with Crippen LogP contribution < -0.4 is 5.32 Å². The average Bonchev–Trinajstić information content (AvgIpc) is 3.10. The number of nitrogens with one attached hydrogen (secondary N) is 1. The largest absolute Gasteiger partial charge is 0.381 e. The number of nitrogens with zero attached hydrogens (tertiary/aromatic N) is 1. The van der Waals surface area contributed by atoms with Crippen molar-refractivity contribution < 1.29 is 9.53 Å². The van der Waals surface area contributed by atoms with Crippen LogP contribution in [0.1, 0.15) is 64.7 Å². The molecule has 3 rings (SSSR count). The molecule has 1 amide bonds. The summed E-state index contributed by atoms with van der Waals surface area (Å²) in [5.41, 5.74) is 0. The summed E-state index contributed by atoms with van der Waals surface area (Å²) >= 11 is 0. The summed E-state index contributed by atoms with van der Waals surface area (Å²) in [6.45, 7) is 7.59. The predicted molar refractivity (Wildman–Crippen MR) is 96.9 cm³/mol. The van der Waals surface area contributed by atoms with Crippen molar-refractivity contribution in [3.05, 3.63) is 0 Å². The summed E-state index contributed by atoms with van der Waals surface area (Å²) in [6, 6.07) is 0.395. The Balaban J connectivity index is 1.32. The molecule has 4 nitrogen and oxygen atoms in total. The van der Waals surface area contributed by atoms with Crippen molar-refractivity contribution in [2.45, 2.75) is 70.8 Å². The van der Waals surface area contributed by atoms with Gasteiger partial charge in [0.1, 0.15) is 0 Å². The van der Waals surface area contributed by atoms with Crippen molar-refractivity contribution in [2.75, 3.05) is 32.8 Å². The van der Waals surface area contributed by atoms with Gasteiger partial charge in [-0.3, -0.25) is 4.79 Å². The minimum atomic E-state index is 0.288. The van der Waals surface area contributed by atoms with Gasteiger partial charge in [0.05, 0.1) is 6.61 Å². The highest BCUT2D eigenvalue weighted by molar-refractivity contribution is 5.76. The topological polar surface area (TPSA) is 41.6 Å². The average molecular weight is 337 g/mol. The van der Waals surface area contributed by atoms with E-state index in [2.05, 4.69) is 17.1 Å². The molecule has 0 radical (unpaired) electrons. The molecule has 0 aromatic heterocycles. The molecule has 2 aliphatic heterocycles. The zero-order valence-corrected chi connectivity index (χ0v) is 15.5. The quantitative estimate of drug-likeness (QED) is 0.810. The minimum absolute atomic E-state index is 0.288. The van der Waals surface area contributed by atoms with E-state index in [-0.39, 0.29) is 5.91 Å². The molecular formula is C20H36N2O2. The monoisotopic (exact) mass is 336 g/mol. The van der Waals surface area contributed by atoms with Gasteiger partial charge in [0.2, 0.25) is 5.91 Å². The van der Waals surface area contributed by atoms with Crippen LogP contribution >= 0.6 is 0 Å². The van der Waals surface area contributed by atoms with Crippen molar-refractivity contribution in [2.24, 2.45) is 17.8 Å². The number of hydrogen-bond donors (Lipinski definition) is 1. The highest BCUT2D eigenvalue weighted by atomic mass is 16.5. The minimum Gasteiger partial charge on any atom is -0.381 e. The number of hydrogen-bond acceptors (Lipinski definition) is 3. The van der Waals surface area contributed by atoms with Crippen molar-refractivity contribution in [1.29, 1.82) is 0 Å². The lowest BCUT2D eigenvalue weighted by atomic mass is 9.79. The summed E-state index contributed by atoms with van der Waals surface area (Å²) in [6.07, 6.45) is 10.9. The standard InChI is InChI=1S/C20H36N2O2/c1-16(18-5-3-2-4-6-18)13-20(23)21-19-7-10-22(11-8-19)14-17-9-12-24-15-17/h16-19H,2-15H2,1H3,(H,21,23). The van der Waals surface area contributed by atoms with Gasteiger partial charge in [-0.25, -0.2) is 0 Å². The molecule has 0 aromatic carbocycles. The molecule has 138 valence electrons. The third-order valence-electron chi connectivity index (χ3n) is 6.46. The van der Waals surface area contributed by atoms with Crippen LogP contribution in [0.25, 0.3) is 0 Å². The van der Waals surface area contributed by atoms with Crippen molar-refractivity contribution >= 4 is 5.91 Å². The molecule has 24 heavy (non-hydrogen) atoms. The Bertz CT molecular complexity index is 381. The summed E-state index contributed by atoms with van der Waals surface area (Å²) in [4.78, 5) is 14.9. The fourth-order valence-electron chi connectivity index (χ4n) is 4.80. The lowest BCUT2D eigenvalue weighted by Gasteiger charge is -2.34. The second-order valence-electron chi connectivity index (χ2n) is 8.45. The van der Waals surface area contributed by atoms with E-state index in [0.717, 1.165) is 57.4 Å². The Morgan fingerprint density at radius 3 is 2.54 bits per heavy atom. The van der Waals surface area contributed by atoms with Crippen molar-refractivity contribution in [1.82, 2.24) is 10.2 Å². The van der Waals surface area contributed by atoms with Crippen molar-refractivity contribution in [3.8, 4) is 0 Å². The summed E-state index contributed by atoms with van der Waals surface area (Å²) in [5, 5.41) is 3.31. The van der Waals surface area contributed by atoms with Gasteiger partial charge in [-0.05, 0) is 37.0 Å². The first-order valence-electron chi connectivity index (χ1n) is 10.3. The molecule has 0 aromatic rings. The first-order valence-corrected chi connectivity index (χ1v) is 10.3. The maximum Gasteiger partial charge on any atom is 0.220 e. The highest BCUT2D eigenvalue weighted by Crippen LogP contribution is 2.31. The van der Waals surface area contributed by atoms with E-state index in [1.165, 1.54) is 45.1 Å². The Hall–Kier alpha value is -0.610. The van der Waals surface area contributed by atoms with Crippen LogP contribution in [0.2, 0.25) is 0 Å². The fourth-order valence-corrected chi connectivity index (χ4v) is 4.80. The van der Waals surface area contributed by atoms with E-state index in [4.69, 9.17) is 4.74 Å². The third kappa shape index (κ3) is 5.45. The first-order chi connectivity index (χ1) is 11.7. The highest BCUT2D eigenvalue weighted by Gasteiger charge is 2.26. The maximum absolute atomic E-state index is 12.4. The van der Waals surface area contributed by atoms with Gasteiger partial charge in [0.25, 0.3) is 0 Å². The molecule has 2 saturated heterocycles. The summed E-state index contributed by atoms with van der Waals surface area (Å²) in [5.74, 6) is 2.34. The summed E-state index contributed by atoms with van der Waals surface area (Å²) in [7, 11) is 0. The number of ether oxygens (including phenoxy) is 1. The molecular weight excluding hydrogens is 300 g/mol. The molecule has 2 heterocycles. The normalized spacial score (nSPS) is 28.8. The molecule has 3 fully saturated rings. The van der Waals surface area contributed by atoms with Crippen molar-refractivity contribution in [3.63, 3.8) is 0 Å². The Labute approximate surface area is 147 Å². The van der Waals surface area contributed by atoms with Gasteiger partial charge in [0, 0.05) is 38.7 Å². The van der Waals surface area contributed by atoms with E-state index >= 15 is 0 Å². The predicted octanol–water partition coefficient (Wildman–Crippen LogP) is 3.21. The maximum atomic E-state index is 12.4. The molecule has 0 bridgehead atoms. The van der Waals surface area contributed by atoms with Gasteiger partial charge >= 0.3 is 0 Å². The van der Waals surface area contributed by atoms with Gasteiger partial charge in [-0.2, -0.15) is 0 Å². The number of likely N-dealkylation sites (tertiary alicyclic amines) is 1. The summed E-state index contributed by atoms with van der Waals surface area (Å²) < 4.78 is 5.48. The van der Waals surface area contributed by atoms with E-state index in [0.29, 0.717) is 12.0 Å². The molecule has 1 aliphatic carbocycles. The van der Waals surface area contributed by atoms with E-state index < -0.39 is 0 Å². The first kappa shape index (κ1) is 18.2. The molecule has 1 N–H and O–H groups in total. The molecule has 4 heteroatoms. The SMILES string of the molecule is CC(CC(=O)NC1CCN(CC2CCOC2)CC1)C1CCCCC1. The molecule has 1 saturated carbocycles. The number of rotatable bonds is 6. The van der Waals surface area contributed by atoms with Crippen LogP contribution in [-0.4, -0.2) is 49.7 Å². The van der Waals surface area contributed by atoms with Gasteiger partial charge in [-0.15, -0.1) is 0 Å². The van der Waals surface area contributed by atoms with E-state index in [9.17, 15) is 4.79 Å². The lowest BCUT2D eigenvalue weighted by Crippen LogP contribution is -2.46. The van der Waals surface area contributed by atoms with Crippen LogP contribution in [0, 0.1) is 17.8 Å².